The zero-order chi connectivity index (χ0) is 10.9. The molecule has 0 fully saturated rings. The number of aromatic nitrogens is 1. The topological polar surface area (TPSA) is 22.1 Å². The van der Waals surface area contributed by atoms with E-state index in [0.29, 0.717) is 0 Å². The Balaban J connectivity index is 3.25. The smallest absolute Gasteiger partial charge is 0.255 e. The Kier molecular flexibility index (Phi) is 2.98. The van der Waals surface area contributed by atoms with Crippen molar-refractivity contribution in [2.45, 2.75) is 12.9 Å². The summed E-state index contributed by atoms with van der Waals surface area (Å²) in [6.45, 7) is 1.25. The van der Waals surface area contributed by atoms with Gasteiger partial charge in [0.25, 0.3) is 11.9 Å². The van der Waals surface area contributed by atoms with E-state index >= 15 is 0 Å². The zero-order valence-corrected chi connectivity index (χ0v) is 7.02. The largest absolute Gasteiger partial charge is 0.495 e. The Morgan fingerprint density at radius 2 is 1.57 bits per heavy atom. The third-order valence-corrected chi connectivity index (χ3v) is 1.26. The summed E-state index contributed by atoms with van der Waals surface area (Å²) in [7, 11) is 5.04. The average molecular weight is 205 g/mol. The van der Waals surface area contributed by atoms with E-state index in [0.717, 1.165) is 0 Å². The van der Waals surface area contributed by atoms with Gasteiger partial charge in [-0.3, -0.25) is 0 Å². The van der Waals surface area contributed by atoms with Crippen LogP contribution in [0.4, 0.5) is 17.6 Å². The first-order valence-electron chi connectivity index (χ1n) is 3.55. The predicted molar refractivity (Wildman–Crippen MR) is 39.9 cm³/mol. The molecule has 0 aromatic carbocycles. The van der Waals surface area contributed by atoms with Gasteiger partial charge in [-0.15, -0.1) is 0 Å². The second-order valence-electron chi connectivity index (χ2n) is 2.47. The number of ether oxygens (including phenoxy) is 1. The molecule has 0 spiro atoms. The number of nitrogens with zero attached hydrogens (tertiary/aromatic N) is 1. The van der Waals surface area contributed by atoms with Gasteiger partial charge in [0, 0.05) is 0 Å². The van der Waals surface area contributed by atoms with Crippen molar-refractivity contribution in [2.75, 3.05) is 0 Å². The molecule has 0 bridgehead atoms. The summed E-state index contributed by atoms with van der Waals surface area (Å²) < 4.78 is 54.8. The van der Waals surface area contributed by atoms with E-state index < -0.39 is 35.3 Å². The second-order valence-corrected chi connectivity index (χ2v) is 2.47. The second kappa shape index (κ2) is 3.85. The molecule has 1 aromatic heterocycles. The van der Waals surface area contributed by atoms with Crippen molar-refractivity contribution in [2.24, 2.45) is 0 Å². The summed E-state index contributed by atoms with van der Waals surface area (Å²) in [4.78, 5) is 2.34. The maximum absolute atomic E-state index is 12.8. The standard InChI is InChI=1S/C7H4BF4NO/c1-2(8)14-5-3(9)6(11)13-7(12)4(5)10/h2H,1H3. The van der Waals surface area contributed by atoms with Gasteiger partial charge in [0.2, 0.25) is 11.6 Å². The summed E-state index contributed by atoms with van der Waals surface area (Å²) >= 11 is 0. The first-order valence-corrected chi connectivity index (χ1v) is 3.55. The van der Waals surface area contributed by atoms with Crippen LogP contribution in [0.5, 0.6) is 5.75 Å². The normalized spacial score (nSPS) is 12.6. The van der Waals surface area contributed by atoms with Crippen LogP contribution in [0.2, 0.25) is 0 Å². The van der Waals surface area contributed by atoms with Crippen molar-refractivity contribution >= 4 is 7.85 Å². The molecular formula is C7H4BF4NO. The molecule has 1 rings (SSSR count). The maximum atomic E-state index is 12.8. The van der Waals surface area contributed by atoms with Gasteiger partial charge in [-0.05, 0) is 6.92 Å². The summed E-state index contributed by atoms with van der Waals surface area (Å²) in [5.41, 5.74) is 0. The van der Waals surface area contributed by atoms with Gasteiger partial charge in [-0.1, -0.05) is 0 Å². The molecule has 0 saturated carbocycles. The van der Waals surface area contributed by atoms with Gasteiger partial charge < -0.3 is 4.74 Å². The molecule has 7 heteroatoms. The van der Waals surface area contributed by atoms with E-state index in [2.05, 4.69) is 9.72 Å². The molecule has 1 unspecified atom stereocenters. The number of hydrogen-bond acceptors (Lipinski definition) is 2. The van der Waals surface area contributed by atoms with Crippen LogP contribution >= 0.6 is 0 Å². The quantitative estimate of drug-likeness (QED) is 0.414. The van der Waals surface area contributed by atoms with Gasteiger partial charge in [0.05, 0.1) is 6.00 Å². The molecule has 0 aliphatic rings. The van der Waals surface area contributed by atoms with Crippen molar-refractivity contribution in [3.8, 4) is 5.75 Å². The molecular weight excluding hydrogens is 201 g/mol. The van der Waals surface area contributed by atoms with Crippen LogP contribution in [-0.4, -0.2) is 18.8 Å². The minimum Gasteiger partial charge on any atom is -0.495 e. The summed E-state index contributed by atoms with van der Waals surface area (Å²) in [6.07, 6.45) is 0. The third-order valence-electron chi connectivity index (χ3n) is 1.26. The SMILES string of the molecule is [B]C(C)Oc1c(F)c(F)nc(F)c1F. The minimum atomic E-state index is -1.78. The average Bonchev–Trinajstić information content (AvgIpc) is 2.09. The lowest BCUT2D eigenvalue weighted by Crippen LogP contribution is -2.15. The van der Waals surface area contributed by atoms with Gasteiger partial charge >= 0.3 is 0 Å². The summed E-state index contributed by atoms with van der Waals surface area (Å²) in [5.74, 6) is -8.17. The van der Waals surface area contributed by atoms with Crippen LogP contribution in [0.15, 0.2) is 0 Å². The van der Waals surface area contributed by atoms with Crippen molar-refractivity contribution in [3.05, 3.63) is 23.5 Å². The summed E-state index contributed by atoms with van der Waals surface area (Å²) in [6, 6.07) is -1.10. The highest BCUT2D eigenvalue weighted by Gasteiger charge is 2.22. The first-order chi connectivity index (χ1) is 6.43. The van der Waals surface area contributed by atoms with Crippen molar-refractivity contribution in [1.29, 1.82) is 0 Å². The van der Waals surface area contributed by atoms with Crippen molar-refractivity contribution in [1.82, 2.24) is 4.98 Å². The van der Waals surface area contributed by atoms with E-state index in [1.807, 2.05) is 0 Å². The molecule has 0 aliphatic heterocycles. The third kappa shape index (κ3) is 1.97. The van der Waals surface area contributed by atoms with Gasteiger partial charge in [-0.25, -0.2) is 0 Å². The molecule has 0 N–H and O–H groups in total. The molecule has 0 aliphatic carbocycles. The molecule has 14 heavy (non-hydrogen) atoms. The Morgan fingerprint density at radius 3 is 1.93 bits per heavy atom. The zero-order valence-electron chi connectivity index (χ0n) is 7.02. The van der Waals surface area contributed by atoms with Crippen LogP contribution in [0.1, 0.15) is 6.92 Å². The lowest BCUT2D eigenvalue weighted by molar-refractivity contribution is 0.251. The Morgan fingerprint density at radius 1 is 1.14 bits per heavy atom. The van der Waals surface area contributed by atoms with Crippen LogP contribution in [0.3, 0.4) is 0 Å². The van der Waals surface area contributed by atoms with Crippen LogP contribution in [0.25, 0.3) is 0 Å². The van der Waals surface area contributed by atoms with Gasteiger partial charge in [-0.2, -0.15) is 22.5 Å². The van der Waals surface area contributed by atoms with Gasteiger partial charge in [0.1, 0.15) is 7.85 Å². The van der Waals surface area contributed by atoms with Crippen molar-refractivity contribution in [3.63, 3.8) is 0 Å². The molecule has 2 radical (unpaired) electrons. The monoisotopic (exact) mass is 205 g/mol. The molecule has 0 amide bonds. The van der Waals surface area contributed by atoms with Gasteiger partial charge in [0.15, 0.2) is 5.75 Å². The minimum absolute atomic E-state index is 1.10. The molecule has 1 atom stereocenters. The highest BCUT2D eigenvalue weighted by Crippen LogP contribution is 2.24. The lowest BCUT2D eigenvalue weighted by atomic mass is 10.0. The Hall–Kier alpha value is -1.27. The number of rotatable bonds is 2. The van der Waals surface area contributed by atoms with E-state index in [-0.39, 0.29) is 0 Å². The van der Waals surface area contributed by atoms with E-state index in [9.17, 15) is 17.6 Å². The van der Waals surface area contributed by atoms with Crippen LogP contribution < -0.4 is 4.74 Å². The van der Waals surface area contributed by atoms with E-state index in [1.165, 1.54) is 6.92 Å². The number of pyridine rings is 1. The predicted octanol–water partition coefficient (Wildman–Crippen LogP) is 1.53. The molecule has 1 heterocycles. The Bertz CT molecular complexity index is 332. The number of hydrogen-bond donors (Lipinski definition) is 0. The molecule has 1 aromatic rings. The maximum Gasteiger partial charge on any atom is 0.255 e. The highest BCUT2D eigenvalue weighted by atomic mass is 19.2. The van der Waals surface area contributed by atoms with E-state index in [4.69, 9.17) is 7.85 Å². The van der Waals surface area contributed by atoms with Crippen LogP contribution in [-0.2, 0) is 0 Å². The molecule has 0 saturated heterocycles. The summed E-state index contributed by atoms with van der Waals surface area (Å²) in [5, 5.41) is 0. The fourth-order valence-corrected chi connectivity index (χ4v) is 0.757. The number of halogens is 4. The van der Waals surface area contributed by atoms with E-state index in [1.54, 1.807) is 0 Å². The lowest BCUT2D eigenvalue weighted by Gasteiger charge is -2.11. The van der Waals surface area contributed by atoms with Crippen molar-refractivity contribution < 1.29 is 22.3 Å². The fourth-order valence-electron chi connectivity index (χ4n) is 0.757. The van der Waals surface area contributed by atoms with Crippen LogP contribution in [0, 0.1) is 23.5 Å². The Labute approximate surface area is 78.3 Å². The first kappa shape index (κ1) is 10.8. The fraction of sp³-hybridized carbons (Fsp3) is 0.286. The molecule has 74 valence electrons. The highest BCUT2D eigenvalue weighted by molar-refractivity contribution is 6.10. The molecule has 2 nitrogen and oxygen atoms in total.